The van der Waals surface area contributed by atoms with Crippen molar-refractivity contribution in [3.63, 3.8) is 0 Å². The van der Waals surface area contributed by atoms with E-state index in [4.69, 9.17) is 0 Å². The third-order valence-corrected chi connectivity index (χ3v) is 4.92. The molecule has 1 aliphatic carbocycles. The summed E-state index contributed by atoms with van der Waals surface area (Å²) < 4.78 is 0. The molecule has 1 saturated carbocycles. The van der Waals surface area contributed by atoms with E-state index in [2.05, 4.69) is 27.8 Å². The standard InChI is InChI=1S/C15H26N4/c1-11(12-9-17-18-10-12)19-15-7-4-5-13(15)14-6-2-3-8-16-14/h9-11,13-16,19H,2-8H2,1H3,(H,17,18). The highest BCUT2D eigenvalue weighted by Crippen LogP contribution is 2.33. The van der Waals surface area contributed by atoms with Gasteiger partial charge in [-0.2, -0.15) is 5.10 Å². The van der Waals surface area contributed by atoms with Crippen molar-refractivity contribution in [3.8, 4) is 0 Å². The van der Waals surface area contributed by atoms with E-state index in [1.807, 2.05) is 12.4 Å². The first-order valence-corrected chi connectivity index (χ1v) is 7.82. The molecule has 0 radical (unpaired) electrons. The minimum Gasteiger partial charge on any atom is -0.314 e. The lowest BCUT2D eigenvalue weighted by atomic mass is 9.88. The Morgan fingerprint density at radius 3 is 2.95 bits per heavy atom. The highest BCUT2D eigenvalue weighted by atomic mass is 15.1. The average Bonchev–Trinajstić information content (AvgIpc) is 3.11. The van der Waals surface area contributed by atoms with E-state index in [-0.39, 0.29) is 0 Å². The van der Waals surface area contributed by atoms with Crippen molar-refractivity contribution < 1.29 is 0 Å². The van der Waals surface area contributed by atoms with E-state index in [1.165, 1.54) is 50.6 Å². The molecule has 19 heavy (non-hydrogen) atoms. The van der Waals surface area contributed by atoms with E-state index in [1.54, 1.807) is 0 Å². The summed E-state index contributed by atoms with van der Waals surface area (Å²) in [5.74, 6) is 0.814. The zero-order valence-electron chi connectivity index (χ0n) is 11.9. The molecule has 0 amide bonds. The second kappa shape index (κ2) is 6.06. The van der Waals surface area contributed by atoms with Gasteiger partial charge in [0.25, 0.3) is 0 Å². The molecular weight excluding hydrogens is 236 g/mol. The highest BCUT2D eigenvalue weighted by molar-refractivity contribution is 5.09. The first-order chi connectivity index (χ1) is 9.34. The van der Waals surface area contributed by atoms with Crippen molar-refractivity contribution in [3.05, 3.63) is 18.0 Å². The van der Waals surface area contributed by atoms with Crippen molar-refractivity contribution in [1.82, 2.24) is 20.8 Å². The molecule has 1 aromatic rings. The van der Waals surface area contributed by atoms with Crippen LogP contribution in [0.1, 0.15) is 57.1 Å². The molecule has 1 saturated heterocycles. The summed E-state index contributed by atoms with van der Waals surface area (Å²) in [4.78, 5) is 0. The number of hydrogen-bond donors (Lipinski definition) is 3. The van der Waals surface area contributed by atoms with Gasteiger partial charge < -0.3 is 10.6 Å². The van der Waals surface area contributed by atoms with Crippen LogP contribution in [0, 0.1) is 5.92 Å². The fraction of sp³-hybridized carbons (Fsp3) is 0.800. The van der Waals surface area contributed by atoms with E-state index in [0.717, 1.165) is 12.0 Å². The maximum Gasteiger partial charge on any atom is 0.0534 e. The van der Waals surface area contributed by atoms with Crippen LogP contribution >= 0.6 is 0 Å². The fourth-order valence-electron chi connectivity index (χ4n) is 3.84. The molecule has 4 atom stereocenters. The van der Waals surface area contributed by atoms with Crippen LogP contribution in [0.5, 0.6) is 0 Å². The molecule has 0 aromatic carbocycles. The molecule has 1 aromatic heterocycles. The Hall–Kier alpha value is -0.870. The summed E-state index contributed by atoms with van der Waals surface area (Å²) in [5.41, 5.74) is 1.27. The van der Waals surface area contributed by atoms with Gasteiger partial charge in [-0.3, -0.25) is 5.10 Å². The maximum absolute atomic E-state index is 4.05. The Morgan fingerprint density at radius 1 is 1.26 bits per heavy atom. The largest absolute Gasteiger partial charge is 0.314 e. The number of rotatable bonds is 4. The zero-order valence-corrected chi connectivity index (χ0v) is 11.9. The first-order valence-electron chi connectivity index (χ1n) is 7.82. The number of nitrogens with zero attached hydrogens (tertiary/aromatic N) is 1. The normalized spacial score (nSPS) is 33.4. The van der Waals surface area contributed by atoms with Gasteiger partial charge >= 0.3 is 0 Å². The van der Waals surface area contributed by atoms with Crippen LogP contribution in [-0.2, 0) is 0 Å². The SMILES string of the molecule is CC(NC1CCCC1C1CCCCN1)c1cn[nH]c1. The number of aromatic amines is 1. The Balaban J connectivity index is 1.59. The predicted molar refractivity (Wildman–Crippen MR) is 76.9 cm³/mol. The molecule has 4 heteroatoms. The van der Waals surface area contributed by atoms with E-state index >= 15 is 0 Å². The number of piperidine rings is 1. The number of aromatic nitrogens is 2. The van der Waals surface area contributed by atoms with Crippen LogP contribution in [0.25, 0.3) is 0 Å². The second-order valence-corrected chi connectivity index (χ2v) is 6.18. The average molecular weight is 262 g/mol. The monoisotopic (exact) mass is 262 g/mol. The van der Waals surface area contributed by atoms with Crippen molar-refractivity contribution in [2.45, 2.75) is 63.6 Å². The van der Waals surface area contributed by atoms with Gasteiger partial charge in [0.1, 0.15) is 0 Å². The van der Waals surface area contributed by atoms with Gasteiger partial charge in [0.15, 0.2) is 0 Å². The molecule has 2 aliphatic rings. The summed E-state index contributed by atoms with van der Waals surface area (Å²) in [7, 11) is 0. The molecule has 1 aliphatic heterocycles. The van der Waals surface area contributed by atoms with Crippen molar-refractivity contribution in [1.29, 1.82) is 0 Å². The minimum absolute atomic E-state index is 0.396. The Bertz CT molecular complexity index is 370. The molecule has 4 unspecified atom stereocenters. The van der Waals surface area contributed by atoms with Gasteiger partial charge in [0, 0.05) is 29.9 Å². The number of hydrogen-bond acceptors (Lipinski definition) is 3. The van der Waals surface area contributed by atoms with Crippen LogP contribution in [0.2, 0.25) is 0 Å². The van der Waals surface area contributed by atoms with Gasteiger partial charge in [0.05, 0.1) is 6.20 Å². The van der Waals surface area contributed by atoms with E-state index < -0.39 is 0 Å². The predicted octanol–water partition coefficient (Wildman–Crippen LogP) is 2.37. The van der Waals surface area contributed by atoms with Crippen molar-refractivity contribution in [2.24, 2.45) is 5.92 Å². The Kier molecular flexibility index (Phi) is 4.18. The lowest BCUT2D eigenvalue weighted by Gasteiger charge is -2.34. The van der Waals surface area contributed by atoms with Crippen LogP contribution in [-0.4, -0.2) is 28.8 Å². The Labute approximate surface area is 115 Å². The van der Waals surface area contributed by atoms with Crippen molar-refractivity contribution in [2.75, 3.05) is 6.54 Å². The van der Waals surface area contributed by atoms with Crippen LogP contribution in [0.4, 0.5) is 0 Å². The Morgan fingerprint density at radius 2 is 2.21 bits per heavy atom. The lowest BCUT2D eigenvalue weighted by molar-refractivity contribution is 0.248. The molecule has 0 spiro atoms. The summed E-state index contributed by atoms with van der Waals surface area (Å²) in [6, 6.07) is 1.80. The highest BCUT2D eigenvalue weighted by Gasteiger charge is 2.34. The van der Waals surface area contributed by atoms with Gasteiger partial charge in [-0.1, -0.05) is 12.8 Å². The smallest absolute Gasteiger partial charge is 0.0534 e. The number of H-pyrrole nitrogens is 1. The summed E-state index contributed by atoms with van der Waals surface area (Å²) in [6.45, 7) is 3.46. The summed E-state index contributed by atoms with van der Waals surface area (Å²) >= 11 is 0. The summed E-state index contributed by atoms with van der Waals surface area (Å²) in [5, 5.41) is 14.5. The van der Waals surface area contributed by atoms with Crippen LogP contribution in [0.15, 0.2) is 12.4 Å². The van der Waals surface area contributed by atoms with Gasteiger partial charge in [-0.05, 0) is 45.1 Å². The third kappa shape index (κ3) is 3.00. The third-order valence-electron chi connectivity index (χ3n) is 4.92. The maximum atomic E-state index is 4.05. The van der Waals surface area contributed by atoms with E-state index in [0.29, 0.717) is 12.1 Å². The molecule has 106 valence electrons. The quantitative estimate of drug-likeness (QED) is 0.781. The molecular formula is C15H26N4. The molecule has 4 nitrogen and oxygen atoms in total. The van der Waals surface area contributed by atoms with Gasteiger partial charge in [0.2, 0.25) is 0 Å². The molecule has 3 N–H and O–H groups in total. The van der Waals surface area contributed by atoms with Gasteiger partial charge in [-0.25, -0.2) is 0 Å². The first kappa shape index (κ1) is 13.1. The fourth-order valence-corrected chi connectivity index (χ4v) is 3.84. The number of nitrogens with one attached hydrogen (secondary N) is 3. The minimum atomic E-state index is 0.396. The molecule has 2 heterocycles. The topological polar surface area (TPSA) is 52.7 Å². The second-order valence-electron chi connectivity index (χ2n) is 6.18. The van der Waals surface area contributed by atoms with Gasteiger partial charge in [-0.15, -0.1) is 0 Å². The van der Waals surface area contributed by atoms with Crippen LogP contribution < -0.4 is 10.6 Å². The zero-order chi connectivity index (χ0) is 13.1. The van der Waals surface area contributed by atoms with Crippen LogP contribution in [0.3, 0.4) is 0 Å². The lowest BCUT2D eigenvalue weighted by Crippen LogP contribution is -2.47. The van der Waals surface area contributed by atoms with Crippen molar-refractivity contribution >= 4 is 0 Å². The summed E-state index contributed by atoms with van der Waals surface area (Å²) in [6.07, 6.45) is 12.1. The molecule has 0 bridgehead atoms. The van der Waals surface area contributed by atoms with E-state index in [9.17, 15) is 0 Å². The molecule has 2 fully saturated rings. The molecule has 3 rings (SSSR count).